The number of para-hydroxylation sites is 1. The third kappa shape index (κ3) is 10.7. The van der Waals surface area contributed by atoms with E-state index in [9.17, 15) is 28.8 Å². The lowest BCUT2D eigenvalue weighted by atomic mass is 10.0. The third-order valence-corrected chi connectivity index (χ3v) is 10.8. The van der Waals surface area contributed by atoms with Crippen LogP contribution in [0.4, 0.5) is 39.3 Å². The highest BCUT2D eigenvalue weighted by atomic mass is 35.5. The van der Waals surface area contributed by atoms with E-state index in [1.165, 1.54) is 11.1 Å². The number of ether oxygens (including phenoxy) is 1. The van der Waals surface area contributed by atoms with Crippen LogP contribution in [0, 0.1) is 0 Å². The Hall–Kier alpha value is -6.83. The highest BCUT2D eigenvalue weighted by Gasteiger charge is 2.39. The summed E-state index contributed by atoms with van der Waals surface area (Å²) < 4.78 is 5.62. The molecule has 0 radical (unpaired) electrons. The maximum atomic E-state index is 12.9. The van der Waals surface area contributed by atoms with Crippen molar-refractivity contribution < 1.29 is 33.5 Å². The van der Waals surface area contributed by atoms with E-state index in [0.717, 1.165) is 11.4 Å². The zero-order valence-corrected chi connectivity index (χ0v) is 34.7. The molecule has 2 saturated heterocycles. The molecule has 20 heteroatoms. The molecular weight excluding hydrogens is 820 g/mol. The molecule has 4 heterocycles. The Bertz CT molecular complexity index is 2320. The molecule has 3 aliphatic rings. The number of halogens is 1. The van der Waals surface area contributed by atoms with Crippen molar-refractivity contribution in [3.63, 3.8) is 0 Å². The number of anilines is 6. The Morgan fingerprint density at radius 3 is 2.45 bits per heavy atom. The molecule has 2 fully saturated rings. The molecule has 62 heavy (non-hydrogen) atoms. The number of fused-ring (bicyclic) bond motifs is 1. The van der Waals surface area contributed by atoms with Crippen molar-refractivity contribution >= 4 is 81.7 Å². The van der Waals surface area contributed by atoms with Crippen molar-refractivity contribution in [3.8, 4) is 0 Å². The van der Waals surface area contributed by atoms with E-state index in [4.69, 9.17) is 16.3 Å². The molecule has 0 spiro atoms. The molecule has 0 aliphatic carbocycles. The highest BCUT2D eigenvalue weighted by molar-refractivity contribution is 6.33. The molecule has 7 N–H and O–H groups in total. The molecular formula is C42H47ClN12O7. The minimum Gasteiger partial charge on any atom is -0.378 e. The molecule has 19 nitrogen and oxygen atoms in total. The van der Waals surface area contributed by atoms with Crippen LogP contribution < -0.4 is 42.1 Å². The number of aromatic nitrogens is 2. The van der Waals surface area contributed by atoms with Gasteiger partial charge in [0.2, 0.25) is 23.7 Å². The first-order valence-electron chi connectivity index (χ1n) is 20.2. The second-order valence-corrected chi connectivity index (χ2v) is 15.0. The maximum Gasteiger partial charge on any atom is 0.317 e. The van der Waals surface area contributed by atoms with Gasteiger partial charge in [-0.3, -0.25) is 29.3 Å². The fraction of sp³-hybridized carbons (Fsp3) is 0.333. The molecule has 1 atom stereocenters. The predicted octanol–water partition coefficient (Wildman–Crippen LogP) is 2.81. The van der Waals surface area contributed by atoms with Gasteiger partial charge in [-0.15, -0.1) is 0 Å². The fourth-order valence-electron chi connectivity index (χ4n) is 7.27. The summed E-state index contributed by atoms with van der Waals surface area (Å²) >= 11 is 6.38. The SMILES string of the molecule is CNC(=O)c1ccccc1Nc1nc(Nc2ccc(N3CCN(C(=O)NCCOCCNCC(=O)Nc4ccc5c(c4)CN(C4CCC(=O)NC4=O)C5=O)CC3)cc2)ncc1Cl. The number of carbonyl (C=O) groups excluding carboxylic acids is 6. The molecule has 0 saturated carbocycles. The van der Waals surface area contributed by atoms with Gasteiger partial charge in [-0.1, -0.05) is 23.7 Å². The summed E-state index contributed by atoms with van der Waals surface area (Å²) in [6.45, 7) is 4.12. The number of piperidine rings is 1. The van der Waals surface area contributed by atoms with Gasteiger partial charge in [0.1, 0.15) is 11.1 Å². The molecule has 7 rings (SSSR count). The van der Waals surface area contributed by atoms with Gasteiger partial charge in [-0.2, -0.15) is 4.98 Å². The van der Waals surface area contributed by atoms with Crippen LogP contribution in [0.5, 0.6) is 0 Å². The van der Waals surface area contributed by atoms with E-state index in [1.807, 2.05) is 30.3 Å². The highest BCUT2D eigenvalue weighted by Crippen LogP contribution is 2.30. The van der Waals surface area contributed by atoms with Crippen LogP contribution in [0.15, 0.2) is 72.9 Å². The summed E-state index contributed by atoms with van der Waals surface area (Å²) in [5, 5.41) is 20.3. The molecule has 1 aromatic heterocycles. The Morgan fingerprint density at radius 1 is 0.919 bits per heavy atom. The largest absolute Gasteiger partial charge is 0.378 e. The van der Waals surface area contributed by atoms with Gasteiger partial charge in [0, 0.05) is 81.9 Å². The standard InChI is InChI=1S/C42H47ClN12O7/c1-44-38(58)31-4-2-3-5-33(31)50-37-32(43)23-47-41(52-37)49-27-6-9-29(10-7-27)53-16-18-54(19-17-53)42(61)46-15-21-62-20-14-45-24-36(57)48-28-8-11-30-26(22-28)25-55(40(30)60)34-12-13-35(56)51-39(34)59/h2-11,22-23,34,45H,12-21,24-25H2,1H3,(H,44,58)(H,46,61)(H,48,57)(H,51,56,59)(H2,47,49,50,52). The summed E-state index contributed by atoms with van der Waals surface area (Å²) in [5.74, 6) is -0.933. The van der Waals surface area contributed by atoms with Crippen LogP contribution in [0.2, 0.25) is 5.02 Å². The Balaban J connectivity index is 0.754. The average Bonchev–Trinajstić information content (AvgIpc) is 3.60. The maximum absolute atomic E-state index is 12.9. The van der Waals surface area contributed by atoms with E-state index in [-0.39, 0.29) is 55.6 Å². The molecule has 3 aliphatic heterocycles. The number of piperazine rings is 1. The lowest BCUT2D eigenvalue weighted by Crippen LogP contribution is -2.52. The van der Waals surface area contributed by atoms with E-state index in [0.29, 0.717) is 97.3 Å². The van der Waals surface area contributed by atoms with Crippen LogP contribution >= 0.6 is 11.6 Å². The lowest BCUT2D eigenvalue weighted by Gasteiger charge is -2.36. The molecule has 4 aromatic rings. The van der Waals surface area contributed by atoms with Crippen molar-refractivity contribution in [1.82, 2.24) is 41.0 Å². The van der Waals surface area contributed by atoms with Crippen molar-refractivity contribution in [2.45, 2.75) is 25.4 Å². The Morgan fingerprint density at radius 2 is 1.68 bits per heavy atom. The molecule has 3 aromatic carbocycles. The number of benzene rings is 3. The van der Waals surface area contributed by atoms with Crippen LogP contribution in [-0.4, -0.2) is 127 Å². The first-order valence-corrected chi connectivity index (χ1v) is 20.6. The third-order valence-electron chi connectivity index (χ3n) is 10.5. The van der Waals surface area contributed by atoms with Crippen LogP contribution in [-0.2, 0) is 25.7 Å². The lowest BCUT2D eigenvalue weighted by molar-refractivity contribution is -0.137. The van der Waals surface area contributed by atoms with Gasteiger partial charge in [0.15, 0.2) is 5.82 Å². The number of rotatable bonds is 16. The monoisotopic (exact) mass is 866 g/mol. The predicted molar refractivity (Wildman–Crippen MR) is 232 cm³/mol. The number of hydrogen-bond acceptors (Lipinski definition) is 13. The van der Waals surface area contributed by atoms with Gasteiger partial charge >= 0.3 is 6.03 Å². The number of imide groups is 1. The Labute approximate surface area is 362 Å². The zero-order valence-electron chi connectivity index (χ0n) is 34.0. The van der Waals surface area contributed by atoms with E-state index < -0.39 is 11.9 Å². The van der Waals surface area contributed by atoms with Crippen LogP contribution in [0.3, 0.4) is 0 Å². The van der Waals surface area contributed by atoms with Gasteiger partial charge < -0.3 is 51.3 Å². The molecule has 7 amide bonds. The van der Waals surface area contributed by atoms with E-state index in [2.05, 4.69) is 52.1 Å². The number of nitrogens with zero attached hydrogens (tertiary/aromatic N) is 5. The topological polar surface area (TPSA) is 231 Å². The molecule has 0 bridgehead atoms. The normalized spacial score (nSPS) is 16.1. The summed E-state index contributed by atoms with van der Waals surface area (Å²) in [6.07, 6.45) is 1.94. The summed E-state index contributed by atoms with van der Waals surface area (Å²) in [7, 11) is 1.57. The second-order valence-electron chi connectivity index (χ2n) is 14.6. The van der Waals surface area contributed by atoms with Gasteiger partial charge in [-0.05, 0) is 66.6 Å². The number of nitrogens with one attached hydrogen (secondary N) is 7. The quantitative estimate of drug-likeness (QED) is 0.0636. The van der Waals surface area contributed by atoms with Gasteiger partial charge in [0.25, 0.3) is 11.8 Å². The smallest absolute Gasteiger partial charge is 0.317 e. The van der Waals surface area contributed by atoms with Crippen molar-refractivity contribution in [2.75, 3.05) is 86.9 Å². The number of amides is 7. The first kappa shape index (κ1) is 43.3. The van der Waals surface area contributed by atoms with Crippen molar-refractivity contribution in [3.05, 3.63) is 94.6 Å². The summed E-state index contributed by atoms with van der Waals surface area (Å²) in [4.78, 5) is 88.6. The zero-order chi connectivity index (χ0) is 43.6. The summed E-state index contributed by atoms with van der Waals surface area (Å²) in [5.41, 5.74) is 4.49. The average molecular weight is 867 g/mol. The van der Waals surface area contributed by atoms with Gasteiger partial charge in [0.05, 0.1) is 37.2 Å². The van der Waals surface area contributed by atoms with E-state index >= 15 is 0 Å². The minimum atomic E-state index is -0.702. The number of hydrogen-bond donors (Lipinski definition) is 7. The second kappa shape index (κ2) is 20.2. The van der Waals surface area contributed by atoms with E-state index in [1.54, 1.807) is 48.3 Å². The first-order chi connectivity index (χ1) is 30.1. The van der Waals surface area contributed by atoms with Crippen molar-refractivity contribution in [2.24, 2.45) is 0 Å². The number of carbonyl (C=O) groups is 6. The molecule has 324 valence electrons. The Kier molecular flexibility index (Phi) is 14.1. The van der Waals surface area contributed by atoms with Gasteiger partial charge in [-0.25, -0.2) is 9.78 Å². The summed E-state index contributed by atoms with van der Waals surface area (Å²) in [6, 6.07) is 19.0. The molecule has 1 unspecified atom stereocenters. The van der Waals surface area contributed by atoms with Crippen molar-refractivity contribution in [1.29, 1.82) is 0 Å². The minimum absolute atomic E-state index is 0.0437. The van der Waals surface area contributed by atoms with Crippen LogP contribution in [0.25, 0.3) is 0 Å². The number of urea groups is 1. The van der Waals surface area contributed by atoms with Crippen LogP contribution in [0.1, 0.15) is 39.1 Å². The fourth-order valence-corrected chi connectivity index (χ4v) is 7.41.